The summed E-state index contributed by atoms with van der Waals surface area (Å²) in [5, 5.41) is 3.22. The average molecular weight is 387 g/mol. The molecule has 0 aliphatic carbocycles. The number of hydrogen-bond acceptors (Lipinski definition) is 2. The zero-order valence-corrected chi connectivity index (χ0v) is 14.2. The number of carbonyl (C=O) groups is 1. The van der Waals surface area contributed by atoms with Gasteiger partial charge in [0.2, 0.25) is 0 Å². The third-order valence-corrected chi connectivity index (χ3v) is 3.72. The van der Waals surface area contributed by atoms with Crippen LogP contribution in [0.1, 0.15) is 23.7 Å². The molecule has 2 aromatic rings. The number of ether oxygens (including phenoxy) is 1. The van der Waals surface area contributed by atoms with Gasteiger partial charge in [-0.3, -0.25) is 4.79 Å². The lowest BCUT2D eigenvalue weighted by Crippen LogP contribution is -2.14. The fourth-order valence-corrected chi connectivity index (χ4v) is 2.50. The fraction of sp³-hybridized carbons (Fsp3) is 0.188. The Morgan fingerprint density at radius 3 is 2.77 bits per heavy atom. The second-order valence-corrected chi connectivity index (χ2v) is 5.86. The van der Waals surface area contributed by atoms with Crippen molar-refractivity contribution in [1.82, 2.24) is 0 Å². The Hall–Kier alpha value is -1.59. The lowest BCUT2D eigenvalue weighted by Gasteiger charge is -2.13. The first-order chi connectivity index (χ1) is 10.5. The first kappa shape index (κ1) is 16.8. The standard InChI is InChI=1S/C16H14BrClFNO2/c1-2-7-22-15-6-3-10(18)8-14(15)20-16(21)12-5-4-11(19)9-13(12)17/h3-6,8-9H,2,7H2,1H3,(H,20,21). The molecule has 0 fully saturated rings. The Bertz CT molecular complexity index is 694. The van der Waals surface area contributed by atoms with Gasteiger partial charge in [0, 0.05) is 9.50 Å². The Labute approximate surface area is 141 Å². The van der Waals surface area contributed by atoms with E-state index in [1.54, 1.807) is 18.2 Å². The second-order valence-electron chi connectivity index (χ2n) is 4.57. The molecular weight excluding hydrogens is 373 g/mol. The highest BCUT2D eigenvalue weighted by Gasteiger charge is 2.14. The van der Waals surface area contributed by atoms with Crippen molar-refractivity contribution in [1.29, 1.82) is 0 Å². The van der Waals surface area contributed by atoms with Crippen LogP contribution in [0.25, 0.3) is 0 Å². The van der Waals surface area contributed by atoms with Crippen LogP contribution in [0, 0.1) is 5.82 Å². The minimum absolute atomic E-state index is 0.322. The number of halogens is 3. The van der Waals surface area contributed by atoms with Crippen molar-refractivity contribution in [2.24, 2.45) is 0 Å². The molecule has 0 heterocycles. The number of nitrogens with one attached hydrogen (secondary N) is 1. The number of amides is 1. The first-order valence-corrected chi connectivity index (χ1v) is 7.87. The van der Waals surface area contributed by atoms with E-state index in [0.717, 1.165) is 6.42 Å². The van der Waals surface area contributed by atoms with Crippen molar-refractivity contribution in [3.63, 3.8) is 0 Å². The summed E-state index contributed by atoms with van der Waals surface area (Å²) in [4.78, 5) is 12.3. The number of anilines is 1. The van der Waals surface area contributed by atoms with Gasteiger partial charge >= 0.3 is 0 Å². The lowest BCUT2D eigenvalue weighted by atomic mass is 10.2. The molecule has 0 unspecified atom stereocenters. The Balaban J connectivity index is 2.25. The average Bonchev–Trinajstić information content (AvgIpc) is 2.46. The van der Waals surface area contributed by atoms with E-state index in [0.29, 0.717) is 33.1 Å². The highest BCUT2D eigenvalue weighted by Crippen LogP contribution is 2.29. The smallest absolute Gasteiger partial charge is 0.256 e. The quantitative estimate of drug-likeness (QED) is 0.759. The summed E-state index contributed by atoms with van der Waals surface area (Å²) in [6.07, 6.45) is 0.847. The molecule has 0 aliphatic heterocycles. The number of benzene rings is 2. The Morgan fingerprint density at radius 1 is 1.32 bits per heavy atom. The minimum Gasteiger partial charge on any atom is -0.491 e. The largest absolute Gasteiger partial charge is 0.491 e. The van der Waals surface area contributed by atoms with Gasteiger partial charge in [-0.1, -0.05) is 18.5 Å². The summed E-state index contributed by atoms with van der Waals surface area (Å²) in [6.45, 7) is 2.52. The van der Waals surface area contributed by atoms with Gasteiger partial charge in [0.1, 0.15) is 11.6 Å². The van der Waals surface area contributed by atoms with Crippen LogP contribution < -0.4 is 10.1 Å². The van der Waals surface area contributed by atoms with E-state index >= 15 is 0 Å². The Morgan fingerprint density at radius 2 is 2.09 bits per heavy atom. The molecule has 0 bridgehead atoms. The van der Waals surface area contributed by atoms with Gasteiger partial charge in [-0.25, -0.2) is 4.39 Å². The summed E-state index contributed by atoms with van der Waals surface area (Å²) in [5.74, 6) is -0.258. The zero-order chi connectivity index (χ0) is 16.1. The molecule has 2 rings (SSSR count). The van der Waals surface area contributed by atoms with E-state index < -0.39 is 5.82 Å². The van der Waals surface area contributed by atoms with E-state index in [1.807, 2.05) is 6.92 Å². The van der Waals surface area contributed by atoms with Gasteiger partial charge in [-0.2, -0.15) is 0 Å². The van der Waals surface area contributed by atoms with Gasteiger partial charge in [-0.05, 0) is 58.7 Å². The number of hydrogen-bond donors (Lipinski definition) is 1. The zero-order valence-electron chi connectivity index (χ0n) is 11.8. The van der Waals surface area contributed by atoms with E-state index in [-0.39, 0.29) is 5.91 Å². The van der Waals surface area contributed by atoms with Crippen molar-refractivity contribution in [3.05, 3.63) is 57.3 Å². The van der Waals surface area contributed by atoms with E-state index in [4.69, 9.17) is 16.3 Å². The van der Waals surface area contributed by atoms with E-state index in [2.05, 4.69) is 21.2 Å². The van der Waals surface area contributed by atoms with E-state index in [1.165, 1.54) is 18.2 Å². The third-order valence-electron chi connectivity index (χ3n) is 2.83. The van der Waals surface area contributed by atoms with Gasteiger partial charge in [0.05, 0.1) is 17.9 Å². The maximum absolute atomic E-state index is 13.1. The molecule has 1 N–H and O–H groups in total. The molecule has 2 aromatic carbocycles. The highest BCUT2D eigenvalue weighted by molar-refractivity contribution is 9.10. The van der Waals surface area contributed by atoms with Crippen molar-refractivity contribution in [2.45, 2.75) is 13.3 Å². The molecule has 0 radical (unpaired) electrons. The molecule has 0 aliphatic rings. The highest BCUT2D eigenvalue weighted by atomic mass is 79.9. The van der Waals surface area contributed by atoms with Crippen LogP contribution >= 0.6 is 27.5 Å². The number of carbonyl (C=O) groups excluding carboxylic acids is 1. The predicted molar refractivity (Wildman–Crippen MR) is 89.3 cm³/mol. The molecule has 0 saturated carbocycles. The molecule has 116 valence electrons. The topological polar surface area (TPSA) is 38.3 Å². The van der Waals surface area contributed by atoms with Crippen LogP contribution in [0.2, 0.25) is 5.02 Å². The molecule has 3 nitrogen and oxygen atoms in total. The molecule has 0 aromatic heterocycles. The fourth-order valence-electron chi connectivity index (χ4n) is 1.80. The van der Waals surface area contributed by atoms with Crippen molar-refractivity contribution < 1.29 is 13.9 Å². The van der Waals surface area contributed by atoms with Gasteiger partial charge in [-0.15, -0.1) is 0 Å². The molecule has 0 spiro atoms. The molecule has 0 saturated heterocycles. The molecule has 22 heavy (non-hydrogen) atoms. The van der Waals surface area contributed by atoms with Crippen LogP contribution in [0.4, 0.5) is 10.1 Å². The van der Waals surface area contributed by atoms with Crippen LogP contribution in [0.3, 0.4) is 0 Å². The molecule has 6 heteroatoms. The third kappa shape index (κ3) is 4.21. The normalized spacial score (nSPS) is 10.4. The summed E-state index contributed by atoms with van der Waals surface area (Å²) in [5.41, 5.74) is 0.796. The van der Waals surface area contributed by atoms with Crippen LogP contribution in [-0.4, -0.2) is 12.5 Å². The molecule has 0 atom stereocenters. The lowest BCUT2D eigenvalue weighted by molar-refractivity contribution is 0.102. The van der Waals surface area contributed by atoms with Crippen LogP contribution in [0.15, 0.2) is 40.9 Å². The Kier molecular flexibility index (Phi) is 5.80. The SMILES string of the molecule is CCCOc1ccc(Cl)cc1NC(=O)c1ccc(F)cc1Br. The maximum atomic E-state index is 13.1. The van der Waals surface area contributed by atoms with Gasteiger partial charge in [0.15, 0.2) is 0 Å². The number of rotatable bonds is 5. The minimum atomic E-state index is -0.418. The van der Waals surface area contributed by atoms with Crippen molar-refractivity contribution in [3.8, 4) is 5.75 Å². The molecule has 1 amide bonds. The van der Waals surface area contributed by atoms with Gasteiger partial charge in [0.25, 0.3) is 5.91 Å². The predicted octanol–water partition coefficient (Wildman–Crippen LogP) is 5.28. The van der Waals surface area contributed by atoms with Crippen LogP contribution in [0.5, 0.6) is 5.75 Å². The first-order valence-electron chi connectivity index (χ1n) is 6.70. The van der Waals surface area contributed by atoms with Crippen LogP contribution in [-0.2, 0) is 0 Å². The summed E-state index contributed by atoms with van der Waals surface area (Å²) in [6, 6.07) is 8.88. The summed E-state index contributed by atoms with van der Waals surface area (Å²) < 4.78 is 19.1. The summed E-state index contributed by atoms with van der Waals surface area (Å²) >= 11 is 9.14. The molecular formula is C16H14BrClFNO2. The van der Waals surface area contributed by atoms with Crippen molar-refractivity contribution in [2.75, 3.05) is 11.9 Å². The van der Waals surface area contributed by atoms with Gasteiger partial charge < -0.3 is 10.1 Å². The summed E-state index contributed by atoms with van der Waals surface area (Å²) in [7, 11) is 0. The monoisotopic (exact) mass is 385 g/mol. The van der Waals surface area contributed by atoms with E-state index in [9.17, 15) is 9.18 Å². The van der Waals surface area contributed by atoms with Crippen molar-refractivity contribution >= 4 is 39.1 Å². The maximum Gasteiger partial charge on any atom is 0.256 e. The second kappa shape index (κ2) is 7.61.